The van der Waals surface area contributed by atoms with Gasteiger partial charge in [-0.2, -0.15) is 0 Å². The fourth-order valence-corrected chi connectivity index (χ4v) is 3.10. The molecule has 3 nitrogen and oxygen atoms in total. The Morgan fingerprint density at radius 2 is 2.24 bits per heavy atom. The molecule has 0 amide bonds. The Bertz CT molecular complexity index is 329. The quantitative estimate of drug-likeness (QED) is 0.872. The summed E-state index contributed by atoms with van der Waals surface area (Å²) in [5.74, 6) is 0.927. The number of nitrogens with one attached hydrogen (secondary N) is 1. The molecule has 1 fully saturated rings. The second kappa shape index (κ2) is 6.47. The predicted octanol–water partition coefficient (Wildman–Crippen LogP) is 2.27. The van der Waals surface area contributed by atoms with Crippen LogP contribution >= 0.6 is 11.3 Å². The molecule has 1 aromatic rings. The third kappa shape index (κ3) is 4.05. The highest BCUT2D eigenvalue weighted by Crippen LogP contribution is 2.21. The van der Waals surface area contributed by atoms with Gasteiger partial charge in [0.2, 0.25) is 0 Å². The van der Waals surface area contributed by atoms with Crippen LogP contribution in [-0.2, 0) is 6.54 Å². The van der Waals surface area contributed by atoms with E-state index in [1.54, 1.807) is 11.3 Å². The molecule has 4 heteroatoms. The van der Waals surface area contributed by atoms with Crippen LogP contribution in [0.5, 0.6) is 0 Å². The highest BCUT2D eigenvalue weighted by atomic mass is 32.1. The number of hydrogen-bond acceptors (Lipinski definition) is 4. The molecule has 2 heterocycles. The van der Waals surface area contributed by atoms with Gasteiger partial charge in [-0.25, -0.2) is 4.98 Å². The van der Waals surface area contributed by atoms with Crippen molar-refractivity contribution in [2.45, 2.75) is 32.7 Å². The first kappa shape index (κ1) is 13.0. The Kier molecular flexibility index (Phi) is 4.95. The molecule has 1 aromatic heterocycles. The van der Waals surface area contributed by atoms with Gasteiger partial charge in [-0.05, 0) is 58.8 Å². The van der Waals surface area contributed by atoms with E-state index >= 15 is 0 Å². The van der Waals surface area contributed by atoms with Gasteiger partial charge in [0, 0.05) is 11.9 Å². The second-order valence-electron chi connectivity index (χ2n) is 4.97. The van der Waals surface area contributed by atoms with E-state index in [9.17, 15) is 0 Å². The van der Waals surface area contributed by atoms with Gasteiger partial charge in [-0.1, -0.05) is 0 Å². The van der Waals surface area contributed by atoms with Crippen molar-refractivity contribution in [2.75, 3.05) is 26.7 Å². The summed E-state index contributed by atoms with van der Waals surface area (Å²) in [6, 6.07) is 0. The highest BCUT2D eigenvalue weighted by molar-refractivity contribution is 7.09. The van der Waals surface area contributed by atoms with E-state index in [1.807, 2.05) is 7.05 Å². The molecule has 0 aromatic carbocycles. The molecule has 1 aliphatic rings. The standard InChI is InChI=1S/C13H23N3S/c1-11-15-13(10-17-11)9-16-7-4-12(5-8-16)3-6-14-2/h10,12,14H,3-9H2,1-2H3. The van der Waals surface area contributed by atoms with Crippen molar-refractivity contribution < 1.29 is 0 Å². The van der Waals surface area contributed by atoms with Gasteiger partial charge < -0.3 is 5.32 Å². The minimum Gasteiger partial charge on any atom is -0.320 e. The molecule has 1 saturated heterocycles. The van der Waals surface area contributed by atoms with E-state index in [4.69, 9.17) is 0 Å². The van der Waals surface area contributed by atoms with Crippen LogP contribution in [0.2, 0.25) is 0 Å². The molecule has 96 valence electrons. The maximum Gasteiger partial charge on any atom is 0.0897 e. The van der Waals surface area contributed by atoms with E-state index in [0.717, 1.165) is 19.0 Å². The van der Waals surface area contributed by atoms with Crippen LogP contribution in [0.15, 0.2) is 5.38 Å². The number of likely N-dealkylation sites (tertiary alicyclic amines) is 1. The lowest BCUT2D eigenvalue weighted by Crippen LogP contribution is -2.34. The SMILES string of the molecule is CNCCC1CCN(Cc2csc(C)n2)CC1. The summed E-state index contributed by atoms with van der Waals surface area (Å²) in [4.78, 5) is 7.09. The minimum atomic E-state index is 0.927. The molecule has 1 aliphatic heterocycles. The Labute approximate surface area is 108 Å². The fourth-order valence-electron chi connectivity index (χ4n) is 2.49. The fraction of sp³-hybridized carbons (Fsp3) is 0.769. The summed E-state index contributed by atoms with van der Waals surface area (Å²) in [7, 11) is 2.04. The first-order valence-electron chi connectivity index (χ1n) is 6.56. The Morgan fingerprint density at radius 1 is 1.47 bits per heavy atom. The first-order chi connectivity index (χ1) is 8.28. The van der Waals surface area contributed by atoms with E-state index in [2.05, 4.69) is 27.5 Å². The van der Waals surface area contributed by atoms with Crippen LogP contribution in [-0.4, -0.2) is 36.6 Å². The molecular formula is C13H23N3S. The first-order valence-corrected chi connectivity index (χ1v) is 7.44. The third-order valence-corrected chi connectivity index (χ3v) is 4.38. The lowest BCUT2D eigenvalue weighted by molar-refractivity contribution is 0.171. The minimum absolute atomic E-state index is 0.927. The van der Waals surface area contributed by atoms with Crippen molar-refractivity contribution in [3.8, 4) is 0 Å². The average molecular weight is 253 g/mol. The van der Waals surface area contributed by atoms with Crippen LogP contribution in [0.25, 0.3) is 0 Å². The lowest BCUT2D eigenvalue weighted by atomic mass is 9.93. The van der Waals surface area contributed by atoms with Crippen LogP contribution in [0.4, 0.5) is 0 Å². The zero-order chi connectivity index (χ0) is 12.1. The zero-order valence-corrected chi connectivity index (χ0v) is 11.7. The molecule has 0 unspecified atom stereocenters. The summed E-state index contributed by atoms with van der Waals surface area (Å²) in [6.45, 7) is 6.77. The van der Waals surface area contributed by atoms with Crippen molar-refractivity contribution in [2.24, 2.45) is 5.92 Å². The molecule has 0 spiro atoms. The largest absolute Gasteiger partial charge is 0.320 e. The summed E-state index contributed by atoms with van der Waals surface area (Å²) >= 11 is 1.76. The Morgan fingerprint density at radius 3 is 2.82 bits per heavy atom. The van der Waals surface area contributed by atoms with Crippen molar-refractivity contribution in [3.05, 3.63) is 16.1 Å². The number of nitrogens with zero attached hydrogens (tertiary/aromatic N) is 2. The second-order valence-corrected chi connectivity index (χ2v) is 6.03. The maximum atomic E-state index is 4.54. The van der Waals surface area contributed by atoms with Crippen LogP contribution < -0.4 is 5.32 Å². The Balaban J connectivity index is 1.72. The van der Waals surface area contributed by atoms with E-state index < -0.39 is 0 Å². The van der Waals surface area contributed by atoms with Gasteiger partial charge in [-0.15, -0.1) is 11.3 Å². The smallest absolute Gasteiger partial charge is 0.0897 e. The molecule has 0 saturated carbocycles. The zero-order valence-electron chi connectivity index (χ0n) is 10.9. The molecule has 2 rings (SSSR count). The maximum absolute atomic E-state index is 4.54. The van der Waals surface area contributed by atoms with Crippen molar-refractivity contribution >= 4 is 11.3 Å². The monoisotopic (exact) mass is 253 g/mol. The molecular weight excluding hydrogens is 230 g/mol. The van der Waals surface area contributed by atoms with Gasteiger partial charge in [0.25, 0.3) is 0 Å². The summed E-state index contributed by atoms with van der Waals surface area (Å²) in [5.41, 5.74) is 1.25. The van der Waals surface area contributed by atoms with Gasteiger partial charge in [-0.3, -0.25) is 4.90 Å². The summed E-state index contributed by atoms with van der Waals surface area (Å²) in [5, 5.41) is 6.63. The molecule has 1 N–H and O–H groups in total. The van der Waals surface area contributed by atoms with E-state index in [0.29, 0.717) is 0 Å². The Hall–Kier alpha value is -0.450. The number of aromatic nitrogens is 1. The molecule has 0 radical (unpaired) electrons. The molecule has 0 bridgehead atoms. The third-order valence-electron chi connectivity index (χ3n) is 3.56. The van der Waals surface area contributed by atoms with Crippen molar-refractivity contribution in [1.82, 2.24) is 15.2 Å². The normalized spacial score (nSPS) is 18.7. The van der Waals surface area contributed by atoms with Gasteiger partial charge >= 0.3 is 0 Å². The van der Waals surface area contributed by atoms with Gasteiger partial charge in [0.1, 0.15) is 0 Å². The lowest BCUT2D eigenvalue weighted by Gasteiger charge is -2.31. The molecule has 0 atom stereocenters. The van der Waals surface area contributed by atoms with Crippen LogP contribution in [0.1, 0.15) is 30.0 Å². The predicted molar refractivity (Wildman–Crippen MR) is 73.4 cm³/mol. The van der Waals surface area contributed by atoms with Gasteiger partial charge in [0.05, 0.1) is 10.7 Å². The number of aryl methyl sites for hydroxylation is 1. The van der Waals surface area contributed by atoms with Crippen molar-refractivity contribution in [3.63, 3.8) is 0 Å². The van der Waals surface area contributed by atoms with E-state index in [-0.39, 0.29) is 0 Å². The summed E-state index contributed by atoms with van der Waals surface area (Å²) < 4.78 is 0. The highest BCUT2D eigenvalue weighted by Gasteiger charge is 2.19. The number of piperidine rings is 1. The summed E-state index contributed by atoms with van der Waals surface area (Å²) in [6.07, 6.45) is 4.04. The van der Waals surface area contributed by atoms with E-state index in [1.165, 1.54) is 43.1 Å². The number of hydrogen-bond donors (Lipinski definition) is 1. The van der Waals surface area contributed by atoms with Crippen LogP contribution in [0.3, 0.4) is 0 Å². The number of thiazole rings is 1. The topological polar surface area (TPSA) is 28.2 Å². The molecule has 17 heavy (non-hydrogen) atoms. The van der Waals surface area contributed by atoms with Crippen LogP contribution in [0, 0.1) is 12.8 Å². The van der Waals surface area contributed by atoms with Crippen molar-refractivity contribution in [1.29, 1.82) is 0 Å². The van der Waals surface area contributed by atoms with Gasteiger partial charge in [0.15, 0.2) is 0 Å². The average Bonchev–Trinajstić information content (AvgIpc) is 2.74. The molecule has 0 aliphatic carbocycles. The number of rotatable bonds is 5.